The number of benzene rings is 2. The molecule has 0 spiro atoms. The molecule has 1 N–H and O–H groups in total. The zero-order chi connectivity index (χ0) is 19.3. The molecule has 5 nitrogen and oxygen atoms in total. The Labute approximate surface area is 167 Å². The Balaban J connectivity index is 1.48. The maximum absolute atomic E-state index is 10.6. The third-order valence-electron chi connectivity index (χ3n) is 4.55. The van der Waals surface area contributed by atoms with E-state index in [4.69, 9.17) is 14.5 Å². The van der Waals surface area contributed by atoms with Gasteiger partial charge in [0.2, 0.25) is 0 Å². The average molecular weight is 394 g/mol. The van der Waals surface area contributed by atoms with Crippen molar-refractivity contribution in [3.05, 3.63) is 71.6 Å². The van der Waals surface area contributed by atoms with Gasteiger partial charge in [0.1, 0.15) is 5.75 Å². The second kappa shape index (κ2) is 8.56. The highest BCUT2D eigenvalue weighted by Crippen LogP contribution is 2.28. The third-order valence-corrected chi connectivity index (χ3v) is 5.42. The number of aliphatic hydroxyl groups excluding tert-OH is 1. The van der Waals surface area contributed by atoms with E-state index in [-0.39, 0.29) is 6.61 Å². The molecule has 1 atom stereocenters. The van der Waals surface area contributed by atoms with Gasteiger partial charge in [0.25, 0.3) is 0 Å². The molecule has 2 aromatic carbocycles. The summed E-state index contributed by atoms with van der Waals surface area (Å²) < 4.78 is 13.2. The van der Waals surface area contributed by atoms with E-state index in [0.29, 0.717) is 13.2 Å². The summed E-state index contributed by atoms with van der Waals surface area (Å²) in [5.41, 5.74) is 2.90. The van der Waals surface area contributed by atoms with Crippen LogP contribution in [0.15, 0.2) is 66.0 Å². The third kappa shape index (κ3) is 3.94. The maximum atomic E-state index is 10.6. The Morgan fingerprint density at radius 2 is 1.89 bits per heavy atom. The lowest BCUT2D eigenvalue weighted by atomic mass is 10.2. The van der Waals surface area contributed by atoms with Crippen molar-refractivity contribution in [2.75, 3.05) is 13.7 Å². The Morgan fingerprint density at radius 1 is 1.07 bits per heavy atom. The number of para-hydroxylation sites is 3. The van der Waals surface area contributed by atoms with Gasteiger partial charge < -0.3 is 19.1 Å². The number of nitrogens with zero attached hydrogens (tertiary/aromatic N) is 2. The molecule has 0 saturated carbocycles. The molecule has 4 rings (SSSR count). The Bertz CT molecular complexity index is 1040. The number of fused-ring (bicyclic) bond motifs is 1. The molecule has 6 heteroatoms. The highest BCUT2D eigenvalue weighted by Gasteiger charge is 2.16. The van der Waals surface area contributed by atoms with Crippen LogP contribution in [0.4, 0.5) is 0 Å². The van der Waals surface area contributed by atoms with Crippen molar-refractivity contribution in [1.29, 1.82) is 0 Å². The number of ether oxygens (including phenoxy) is 2. The number of methoxy groups -OCH3 is 1. The molecule has 0 bridgehead atoms. The number of thiophene rings is 1. The van der Waals surface area contributed by atoms with E-state index >= 15 is 0 Å². The molecular formula is C22H22N2O3S. The normalized spacial score (nSPS) is 12.4. The van der Waals surface area contributed by atoms with E-state index in [1.807, 2.05) is 66.0 Å². The van der Waals surface area contributed by atoms with Crippen LogP contribution in [0.25, 0.3) is 21.7 Å². The van der Waals surface area contributed by atoms with Gasteiger partial charge in [-0.25, -0.2) is 4.98 Å². The lowest BCUT2D eigenvalue weighted by molar-refractivity contribution is 0.0205. The van der Waals surface area contributed by atoms with Crippen molar-refractivity contribution in [1.82, 2.24) is 9.55 Å². The molecule has 2 heterocycles. The van der Waals surface area contributed by atoms with Gasteiger partial charge in [0, 0.05) is 5.56 Å². The predicted molar refractivity (Wildman–Crippen MR) is 112 cm³/mol. The van der Waals surface area contributed by atoms with Crippen molar-refractivity contribution in [2.24, 2.45) is 0 Å². The lowest BCUT2D eigenvalue weighted by Crippen LogP contribution is -2.22. The van der Waals surface area contributed by atoms with Crippen LogP contribution in [0, 0.1) is 0 Å². The SMILES string of the molecule is COc1ccccc1COC[C@@H](O)Cn1c(-c2cccs2)nc2ccccc21. The first-order chi connectivity index (χ1) is 13.8. The smallest absolute Gasteiger partial charge is 0.151 e. The van der Waals surface area contributed by atoms with E-state index in [0.717, 1.165) is 33.0 Å². The zero-order valence-corrected chi connectivity index (χ0v) is 16.4. The molecule has 0 aliphatic heterocycles. The van der Waals surface area contributed by atoms with Crippen molar-refractivity contribution < 1.29 is 14.6 Å². The van der Waals surface area contributed by atoms with Gasteiger partial charge in [0.15, 0.2) is 5.82 Å². The van der Waals surface area contributed by atoms with E-state index < -0.39 is 6.10 Å². The van der Waals surface area contributed by atoms with Gasteiger partial charge in [-0.2, -0.15) is 0 Å². The summed E-state index contributed by atoms with van der Waals surface area (Å²) in [4.78, 5) is 5.85. The van der Waals surface area contributed by atoms with Crippen LogP contribution in [0.2, 0.25) is 0 Å². The fraction of sp³-hybridized carbons (Fsp3) is 0.227. The lowest BCUT2D eigenvalue weighted by Gasteiger charge is -2.15. The van der Waals surface area contributed by atoms with Crippen molar-refractivity contribution in [3.63, 3.8) is 0 Å². The molecule has 4 aromatic rings. The van der Waals surface area contributed by atoms with Crippen LogP contribution >= 0.6 is 11.3 Å². The zero-order valence-electron chi connectivity index (χ0n) is 15.6. The molecule has 28 heavy (non-hydrogen) atoms. The number of rotatable bonds is 8. The minimum absolute atomic E-state index is 0.231. The number of aromatic nitrogens is 2. The van der Waals surface area contributed by atoms with Crippen molar-refractivity contribution >= 4 is 22.4 Å². The second-order valence-corrected chi connectivity index (χ2v) is 7.44. The Morgan fingerprint density at radius 3 is 2.71 bits per heavy atom. The van der Waals surface area contributed by atoms with Gasteiger partial charge in [-0.1, -0.05) is 36.4 Å². The molecule has 144 valence electrons. The molecular weight excluding hydrogens is 372 g/mol. The average Bonchev–Trinajstić information content (AvgIpc) is 3.37. The maximum Gasteiger partial charge on any atom is 0.151 e. The Hall–Kier alpha value is -2.67. The monoisotopic (exact) mass is 394 g/mol. The van der Waals surface area contributed by atoms with Crippen LogP contribution < -0.4 is 4.74 Å². The van der Waals surface area contributed by atoms with Crippen LogP contribution in [0.3, 0.4) is 0 Å². The minimum Gasteiger partial charge on any atom is -0.496 e. The van der Waals surface area contributed by atoms with Crippen LogP contribution in [0.5, 0.6) is 5.75 Å². The highest BCUT2D eigenvalue weighted by atomic mass is 32.1. The molecule has 0 amide bonds. The fourth-order valence-corrected chi connectivity index (χ4v) is 3.97. The fourth-order valence-electron chi connectivity index (χ4n) is 3.24. The number of hydrogen-bond acceptors (Lipinski definition) is 5. The van der Waals surface area contributed by atoms with E-state index in [1.54, 1.807) is 18.4 Å². The number of hydrogen-bond donors (Lipinski definition) is 1. The summed E-state index contributed by atoms with van der Waals surface area (Å²) in [6, 6.07) is 19.8. The minimum atomic E-state index is -0.647. The number of imidazole rings is 1. The molecule has 0 aliphatic carbocycles. The van der Waals surface area contributed by atoms with Crippen LogP contribution in [0.1, 0.15) is 5.56 Å². The molecule has 2 aromatic heterocycles. The summed E-state index contributed by atoms with van der Waals surface area (Å²) in [5.74, 6) is 1.66. The van der Waals surface area contributed by atoms with Crippen LogP contribution in [-0.2, 0) is 17.9 Å². The topological polar surface area (TPSA) is 56.5 Å². The first-order valence-electron chi connectivity index (χ1n) is 9.13. The first-order valence-corrected chi connectivity index (χ1v) is 10.0. The predicted octanol–water partition coefficient (Wildman–Crippen LogP) is 4.35. The largest absolute Gasteiger partial charge is 0.496 e. The number of aliphatic hydroxyl groups is 1. The van der Waals surface area contributed by atoms with E-state index in [2.05, 4.69) is 4.57 Å². The standard InChI is InChI=1S/C22H22N2O3S/c1-26-20-10-5-2-7-16(20)14-27-15-17(25)13-24-19-9-4-3-8-18(19)23-22(24)21-11-6-12-28-21/h2-12,17,25H,13-15H2,1H3/t17-/m0/s1. The van der Waals surface area contributed by atoms with Gasteiger partial charge in [-0.15, -0.1) is 11.3 Å². The first kappa shape index (κ1) is 18.7. The molecule has 0 unspecified atom stereocenters. The second-order valence-electron chi connectivity index (χ2n) is 6.49. The summed E-state index contributed by atoms with van der Waals surface area (Å²) in [5, 5.41) is 12.6. The van der Waals surface area contributed by atoms with Gasteiger partial charge in [-0.05, 0) is 29.6 Å². The Kier molecular flexibility index (Phi) is 5.71. The van der Waals surface area contributed by atoms with Crippen molar-refractivity contribution in [3.8, 4) is 16.5 Å². The summed E-state index contributed by atoms with van der Waals surface area (Å²) in [6.07, 6.45) is -0.647. The van der Waals surface area contributed by atoms with E-state index in [9.17, 15) is 5.11 Å². The van der Waals surface area contributed by atoms with Gasteiger partial charge in [0.05, 0.1) is 48.9 Å². The van der Waals surface area contributed by atoms with Crippen molar-refractivity contribution in [2.45, 2.75) is 19.3 Å². The molecule has 0 radical (unpaired) electrons. The molecule has 0 aliphatic rings. The summed E-state index contributed by atoms with van der Waals surface area (Å²) >= 11 is 1.64. The highest BCUT2D eigenvalue weighted by molar-refractivity contribution is 7.13. The summed E-state index contributed by atoms with van der Waals surface area (Å²) in [7, 11) is 1.64. The quantitative estimate of drug-likeness (QED) is 0.483. The van der Waals surface area contributed by atoms with Gasteiger partial charge in [-0.3, -0.25) is 0 Å². The summed E-state index contributed by atoms with van der Waals surface area (Å²) in [6.45, 7) is 1.04. The molecule has 0 saturated heterocycles. The van der Waals surface area contributed by atoms with E-state index in [1.165, 1.54) is 0 Å². The van der Waals surface area contributed by atoms with Crippen LogP contribution in [-0.4, -0.2) is 34.5 Å². The van der Waals surface area contributed by atoms with Gasteiger partial charge >= 0.3 is 0 Å². The molecule has 0 fully saturated rings.